The van der Waals surface area contributed by atoms with Crippen LogP contribution in [0, 0.1) is 0 Å². The van der Waals surface area contributed by atoms with Crippen molar-refractivity contribution >= 4 is 44.4 Å². The molecule has 0 saturated carbocycles. The van der Waals surface area contributed by atoms with Crippen LogP contribution in [0.1, 0.15) is 19.8 Å². The van der Waals surface area contributed by atoms with E-state index in [0.717, 1.165) is 31.6 Å². The highest BCUT2D eigenvalue weighted by atomic mass is 32.2. The molecular formula is C20H26N4O3S2. The molecule has 2 aromatic carbocycles. The minimum atomic E-state index is -3.76. The molecule has 0 bridgehead atoms. The Morgan fingerprint density at radius 1 is 1.14 bits per heavy atom. The van der Waals surface area contributed by atoms with Crippen LogP contribution in [0.2, 0.25) is 0 Å². The predicted molar refractivity (Wildman–Crippen MR) is 122 cm³/mol. The molecule has 1 heterocycles. The monoisotopic (exact) mass is 434 g/mol. The van der Waals surface area contributed by atoms with Gasteiger partial charge in [-0.1, -0.05) is 0 Å². The van der Waals surface area contributed by atoms with E-state index in [2.05, 4.69) is 20.3 Å². The Hall–Kier alpha value is -2.52. The number of ether oxygens (including phenoxy) is 1. The Bertz CT molecular complexity index is 956. The first-order valence-corrected chi connectivity index (χ1v) is 11.4. The van der Waals surface area contributed by atoms with Gasteiger partial charge in [-0.25, -0.2) is 8.42 Å². The number of hydrogen-bond donors (Lipinski definition) is 3. The van der Waals surface area contributed by atoms with Crippen molar-refractivity contribution in [1.29, 1.82) is 0 Å². The maximum Gasteiger partial charge on any atom is 0.261 e. The van der Waals surface area contributed by atoms with Gasteiger partial charge in [0.2, 0.25) is 0 Å². The molecule has 0 atom stereocenters. The summed E-state index contributed by atoms with van der Waals surface area (Å²) in [7, 11) is -2.19. The van der Waals surface area contributed by atoms with E-state index in [9.17, 15) is 8.42 Å². The molecule has 0 radical (unpaired) electrons. The molecular weight excluding hydrogens is 408 g/mol. The zero-order valence-electron chi connectivity index (χ0n) is 16.6. The van der Waals surface area contributed by atoms with Gasteiger partial charge in [-0.15, -0.1) is 0 Å². The largest absolute Gasteiger partial charge is 0.497 e. The molecule has 0 unspecified atom stereocenters. The van der Waals surface area contributed by atoms with E-state index in [1.54, 1.807) is 43.5 Å². The molecule has 29 heavy (non-hydrogen) atoms. The van der Waals surface area contributed by atoms with Crippen molar-refractivity contribution in [2.24, 2.45) is 0 Å². The highest BCUT2D eigenvalue weighted by Crippen LogP contribution is 2.32. The Balaban J connectivity index is 1.89. The standard InChI is InChI=1S/C20H26N4O3S2/c1-3-21-20(28)22-18-14-17(10-11-19(18)24-12-4-5-13-24)29(25,26)23-15-6-8-16(27-2)9-7-15/h6-11,14,23H,3-5,12-13H2,1-2H3,(H2,21,22,28). The molecule has 0 spiro atoms. The van der Waals surface area contributed by atoms with E-state index >= 15 is 0 Å². The van der Waals surface area contributed by atoms with Crippen molar-refractivity contribution in [2.45, 2.75) is 24.7 Å². The van der Waals surface area contributed by atoms with Crippen molar-refractivity contribution in [3.05, 3.63) is 42.5 Å². The van der Waals surface area contributed by atoms with E-state index in [1.807, 2.05) is 13.0 Å². The number of benzene rings is 2. The summed E-state index contributed by atoms with van der Waals surface area (Å²) in [6, 6.07) is 11.8. The lowest BCUT2D eigenvalue weighted by molar-refractivity contribution is 0.415. The first-order valence-electron chi connectivity index (χ1n) is 9.53. The molecule has 1 aliphatic rings. The fourth-order valence-corrected chi connectivity index (χ4v) is 4.56. The number of anilines is 3. The first-order chi connectivity index (χ1) is 13.9. The van der Waals surface area contributed by atoms with Crippen molar-refractivity contribution in [3.63, 3.8) is 0 Å². The molecule has 3 rings (SSSR count). The van der Waals surface area contributed by atoms with Crippen LogP contribution in [-0.2, 0) is 10.0 Å². The summed E-state index contributed by atoms with van der Waals surface area (Å²) >= 11 is 5.32. The average molecular weight is 435 g/mol. The van der Waals surface area contributed by atoms with Crippen molar-refractivity contribution in [3.8, 4) is 5.75 Å². The van der Waals surface area contributed by atoms with E-state index in [4.69, 9.17) is 17.0 Å². The minimum Gasteiger partial charge on any atom is -0.497 e. The summed E-state index contributed by atoms with van der Waals surface area (Å²) in [5.74, 6) is 0.659. The van der Waals surface area contributed by atoms with Crippen molar-refractivity contribution in [1.82, 2.24) is 5.32 Å². The van der Waals surface area contributed by atoms with Gasteiger partial charge in [-0.3, -0.25) is 4.72 Å². The molecule has 1 aliphatic heterocycles. The predicted octanol–water partition coefficient (Wildman–Crippen LogP) is 3.40. The Morgan fingerprint density at radius 2 is 1.83 bits per heavy atom. The van der Waals surface area contributed by atoms with Crippen LogP contribution >= 0.6 is 12.2 Å². The molecule has 0 amide bonds. The normalized spacial score (nSPS) is 13.8. The van der Waals surface area contributed by atoms with Crippen molar-refractivity contribution < 1.29 is 13.2 Å². The number of thiocarbonyl (C=S) groups is 1. The Labute approximate surface area is 177 Å². The molecule has 0 aliphatic carbocycles. The minimum absolute atomic E-state index is 0.165. The van der Waals surface area contributed by atoms with E-state index in [1.165, 1.54) is 0 Å². The maximum absolute atomic E-state index is 12.9. The molecule has 1 saturated heterocycles. The fourth-order valence-electron chi connectivity index (χ4n) is 3.22. The summed E-state index contributed by atoms with van der Waals surface area (Å²) in [5.41, 5.74) is 2.09. The van der Waals surface area contributed by atoms with Gasteiger partial charge >= 0.3 is 0 Å². The van der Waals surface area contributed by atoms with Crippen LogP contribution in [0.4, 0.5) is 17.1 Å². The lowest BCUT2D eigenvalue weighted by Gasteiger charge is -2.23. The second-order valence-electron chi connectivity index (χ2n) is 6.69. The lowest BCUT2D eigenvalue weighted by atomic mass is 10.2. The summed E-state index contributed by atoms with van der Waals surface area (Å²) in [4.78, 5) is 2.41. The highest BCUT2D eigenvalue weighted by molar-refractivity contribution is 7.92. The van der Waals surface area contributed by atoms with Gasteiger partial charge in [-0.2, -0.15) is 0 Å². The SMILES string of the molecule is CCNC(=S)Nc1cc(S(=O)(=O)Nc2ccc(OC)cc2)ccc1N1CCCC1. The Kier molecular flexibility index (Phi) is 6.81. The molecule has 7 nitrogen and oxygen atoms in total. The Morgan fingerprint density at radius 3 is 2.45 bits per heavy atom. The molecule has 3 N–H and O–H groups in total. The van der Waals surface area contributed by atoms with Gasteiger partial charge in [0, 0.05) is 25.3 Å². The third-order valence-electron chi connectivity index (χ3n) is 4.65. The summed E-state index contributed by atoms with van der Waals surface area (Å²) in [6.07, 6.45) is 2.24. The third-order valence-corrected chi connectivity index (χ3v) is 6.28. The topological polar surface area (TPSA) is 82.7 Å². The van der Waals surface area contributed by atoms with Gasteiger partial charge in [0.05, 0.1) is 23.4 Å². The van der Waals surface area contributed by atoms with Crippen LogP contribution in [0.25, 0.3) is 0 Å². The van der Waals surface area contributed by atoms with Crippen LogP contribution in [0.3, 0.4) is 0 Å². The third kappa shape index (κ3) is 5.30. The number of rotatable bonds is 7. The highest BCUT2D eigenvalue weighted by Gasteiger charge is 2.21. The van der Waals surface area contributed by atoms with Crippen LogP contribution in [-0.4, -0.2) is 40.3 Å². The molecule has 156 valence electrons. The number of methoxy groups -OCH3 is 1. The van der Waals surface area contributed by atoms with E-state index < -0.39 is 10.0 Å². The smallest absolute Gasteiger partial charge is 0.261 e. The van der Waals surface area contributed by atoms with Gasteiger partial charge in [0.15, 0.2) is 5.11 Å². The molecule has 0 aromatic heterocycles. The van der Waals surface area contributed by atoms with Crippen LogP contribution in [0.15, 0.2) is 47.4 Å². The maximum atomic E-state index is 12.9. The van der Waals surface area contributed by atoms with Gasteiger partial charge < -0.3 is 20.3 Å². The quantitative estimate of drug-likeness (QED) is 0.576. The number of hydrogen-bond acceptors (Lipinski definition) is 5. The van der Waals surface area contributed by atoms with Crippen molar-refractivity contribution in [2.75, 3.05) is 41.7 Å². The zero-order chi connectivity index (χ0) is 20.9. The average Bonchev–Trinajstić information content (AvgIpc) is 3.23. The molecule has 1 fully saturated rings. The summed E-state index contributed by atoms with van der Waals surface area (Å²) in [6.45, 7) is 4.52. The lowest BCUT2D eigenvalue weighted by Crippen LogP contribution is -2.29. The van der Waals surface area contributed by atoms with Crippen LogP contribution < -0.4 is 25.0 Å². The van der Waals surface area contributed by atoms with E-state index in [-0.39, 0.29) is 4.90 Å². The first kappa shape index (κ1) is 21.2. The molecule has 9 heteroatoms. The van der Waals surface area contributed by atoms with Gasteiger partial charge in [-0.05, 0) is 74.4 Å². The van der Waals surface area contributed by atoms with Gasteiger partial charge in [0.25, 0.3) is 10.0 Å². The van der Waals surface area contributed by atoms with Gasteiger partial charge in [0.1, 0.15) is 5.75 Å². The summed E-state index contributed by atoms with van der Waals surface area (Å²) in [5, 5.41) is 6.66. The second kappa shape index (κ2) is 9.32. The number of sulfonamides is 1. The fraction of sp³-hybridized carbons (Fsp3) is 0.350. The zero-order valence-corrected chi connectivity index (χ0v) is 18.2. The van der Waals surface area contributed by atoms with Crippen LogP contribution in [0.5, 0.6) is 5.75 Å². The second-order valence-corrected chi connectivity index (χ2v) is 8.78. The molecule has 2 aromatic rings. The number of nitrogens with one attached hydrogen (secondary N) is 3. The van der Waals surface area contributed by atoms with E-state index in [0.29, 0.717) is 28.8 Å². The summed E-state index contributed by atoms with van der Waals surface area (Å²) < 4.78 is 33.6. The number of nitrogens with zero attached hydrogens (tertiary/aromatic N) is 1.